The van der Waals surface area contributed by atoms with E-state index in [9.17, 15) is 9.59 Å². The van der Waals surface area contributed by atoms with Gasteiger partial charge in [0.15, 0.2) is 0 Å². The van der Waals surface area contributed by atoms with Crippen LogP contribution in [0.15, 0.2) is 28.8 Å². The Morgan fingerprint density at radius 1 is 1.21 bits per heavy atom. The quantitative estimate of drug-likeness (QED) is 0.839. The molecule has 0 bridgehead atoms. The van der Waals surface area contributed by atoms with E-state index in [1.165, 1.54) is 18.2 Å². The zero-order valence-electron chi connectivity index (χ0n) is 14.0. The smallest absolute Gasteiger partial charge is 0.335 e. The van der Waals surface area contributed by atoms with Crippen LogP contribution in [0.3, 0.4) is 0 Å². The van der Waals surface area contributed by atoms with Gasteiger partial charge in [-0.3, -0.25) is 4.79 Å². The van der Waals surface area contributed by atoms with Crippen LogP contribution in [0.4, 0.5) is 5.69 Å². The fraction of sp³-hybridized carbons (Fsp3) is 0.353. The van der Waals surface area contributed by atoms with E-state index in [1.54, 1.807) is 6.07 Å². The number of aromatic carboxylic acids is 1. The van der Waals surface area contributed by atoms with Crippen molar-refractivity contribution in [1.29, 1.82) is 0 Å². The van der Waals surface area contributed by atoms with E-state index >= 15 is 0 Å². The maximum Gasteiger partial charge on any atom is 0.335 e. The van der Waals surface area contributed by atoms with Crippen LogP contribution in [0.5, 0.6) is 5.75 Å². The summed E-state index contributed by atoms with van der Waals surface area (Å²) in [5.74, 6) is -1.05. The highest BCUT2D eigenvalue weighted by Crippen LogP contribution is 2.28. The highest BCUT2D eigenvalue weighted by Gasteiger charge is 2.18. The predicted molar refractivity (Wildman–Crippen MR) is 87.7 cm³/mol. The van der Waals surface area contributed by atoms with E-state index in [0.29, 0.717) is 11.4 Å². The molecule has 0 radical (unpaired) electrons. The van der Waals surface area contributed by atoms with Crippen LogP contribution in [0.2, 0.25) is 0 Å². The number of nitrogens with zero attached hydrogens (tertiary/aromatic N) is 1. The zero-order chi connectivity index (χ0) is 17.9. The van der Waals surface area contributed by atoms with Gasteiger partial charge in [0, 0.05) is 6.07 Å². The molecular formula is C17H20N2O5. The number of hydrogen-bond donors (Lipinski definition) is 2. The maximum atomic E-state index is 12.3. The molecule has 1 aromatic carbocycles. The monoisotopic (exact) mass is 332 g/mol. The van der Waals surface area contributed by atoms with Crippen LogP contribution < -0.4 is 10.1 Å². The molecule has 0 saturated carbocycles. The highest BCUT2D eigenvalue weighted by molar-refractivity contribution is 6.04. The third-order valence-electron chi connectivity index (χ3n) is 3.18. The Morgan fingerprint density at radius 3 is 2.46 bits per heavy atom. The second kappa shape index (κ2) is 7.16. The Labute approximate surface area is 139 Å². The van der Waals surface area contributed by atoms with Crippen LogP contribution in [0.1, 0.15) is 60.2 Å². The molecule has 24 heavy (non-hydrogen) atoms. The van der Waals surface area contributed by atoms with Crippen LogP contribution >= 0.6 is 0 Å². The van der Waals surface area contributed by atoms with Gasteiger partial charge in [-0.25, -0.2) is 4.79 Å². The minimum absolute atomic E-state index is 0.0434. The Morgan fingerprint density at radius 2 is 1.92 bits per heavy atom. The first-order valence-corrected chi connectivity index (χ1v) is 7.60. The molecule has 1 aromatic heterocycles. The van der Waals surface area contributed by atoms with Gasteiger partial charge in [-0.05, 0) is 38.0 Å². The van der Waals surface area contributed by atoms with E-state index in [-0.39, 0.29) is 29.0 Å². The number of carbonyl (C=O) groups excluding carboxylic acids is 1. The molecule has 0 fully saturated rings. The highest BCUT2D eigenvalue weighted by atomic mass is 16.5. The van der Waals surface area contributed by atoms with Gasteiger partial charge in [-0.15, -0.1) is 0 Å². The topological polar surface area (TPSA) is 102 Å². The number of nitrogens with one attached hydrogen (secondary N) is 1. The van der Waals surface area contributed by atoms with E-state index in [1.807, 2.05) is 27.7 Å². The number of hydrogen-bond acceptors (Lipinski definition) is 5. The molecule has 2 N–H and O–H groups in total. The first-order valence-electron chi connectivity index (χ1n) is 7.60. The van der Waals surface area contributed by atoms with Crippen LogP contribution in [-0.4, -0.2) is 28.2 Å². The van der Waals surface area contributed by atoms with Crippen molar-refractivity contribution in [2.24, 2.45) is 0 Å². The molecule has 2 aromatic rings. The third kappa shape index (κ3) is 4.13. The molecule has 0 spiro atoms. The lowest BCUT2D eigenvalue weighted by Crippen LogP contribution is -2.15. The van der Waals surface area contributed by atoms with Crippen molar-refractivity contribution >= 4 is 17.6 Å². The summed E-state index contributed by atoms with van der Waals surface area (Å²) in [7, 11) is 0. The number of rotatable bonds is 6. The van der Waals surface area contributed by atoms with Crippen LogP contribution in [0.25, 0.3) is 0 Å². The summed E-state index contributed by atoms with van der Waals surface area (Å²) in [6.45, 7) is 7.54. The summed E-state index contributed by atoms with van der Waals surface area (Å²) in [4.78, 5) is 23.5. The standard InChI is InChI=1S/C17H20N2O5/c1-9(2)12-8-15(24-19-12)16(20)18-13-7-11(17(21)22)5-6-14(13)23-10(3)4/h5-10H,1-4H3,(H,18,20)(H,21,22). The second-order valence-electron chi connectivity index (χ2n) is 5.91. The maximum absolute atomic E-state index is 12.3. The normalized spacial score (nSPS) is 10.9. The molecular weight excluding hydrogens is 312 g/mol. The third-order valence-corrected chi connectivity index (χ3v) is 3.18. The van der Waals surface area contributed by atoms with Crippen molar-refractivity contribution in [3.05, 3.63) is 41.3 Å². The number of carboxylic acids is 1. The largest absolute Gasteiger partial charge is 0.489 e. The summed E-state index contributed by atoms with van der Waals surface area (Å²) in [6, 6.07) is 5.84. The minimum Gasteiger partial charge on any atom is -0.489 e. The molecule has 0 unspecified atom stereocenters. The summed E-state index contributed by atoms with van der Waals surface area (Å²) in [6.07, 6.45) is -0.130. The minimum atomic E-state index is -1.09. The number of aromatic nitrogens is 1. The van der Waals surface area contributed by atoms with E-state index in [2.05, 4.69) is 10.5 Å². The first kappa shape index (κ1) is 17.5. The van der Waals surface area contributed by atoms with Crippen LogP contribution in [-0.2, 0) is 0 Å². The van der Waals surface area contributed by atoms with E-state index < -0.39 is 11.9 Å². The number of benzene rings is 1. The van der Waals surface area contributed by atoms with Crippen molar-refractivity contribution in [2.75, 3.05) is 5.32 Å². The van der Waals surface area contributed by atoms with E-state index in [0.717, 1.165) is 0 Å². The van der Waals surface area contributed by atoms with Gasteiger partial charge in [0.2, 0.25) is 5.76 Å². The molecule has 7 heteroatoms. The molecule has 2 rings (SSSR count). The lowest BCUT2D eigenvalue weighted by molar-refractivity contribution is 0.0696. The number of carbonyl (C=O) groups is 2. The number of carboxylic acid groups (broad SMARTS) is 1. The summed E-state index contributed by atoms with van der Waals surface area (Å²) < 4.78 is 10.6. The summed E-state index contributed by atoms with van der Waals surface area (Å²) in [5, 5.41) is 15.6. The first-order chi connectivity index (χ1) is 11.3. The van der Waals surface area contributed by atoms with Crippen molar-refractivity contribution in [2.45, 2.75) is 39.7 Å². The van der Waals surface area contributed by atoms with Gasteiger partial charge >= 0.3 is 5.97 Å². The van der Waals surface area contributed by atoms with Crippen molar-refractivity contribution < 1.29 is 24.0 Å². The Bertz CT molecular complexity index is 749. The van der Waals surface area contributed by atoms with Gasteiger partial charge in [0.25, 0.3) is 5.91 Å². The molecule has 0 aliphatic heterocycles. The molecule has 0 aliphatic rings. The van der Waals surface area contributed by atoms with Crippen molar-refractivity contribution in [3.63, 3.8) is 0 Å². The molecule has 0 atom stereocenters. The Kier molecular flexibility index (Phi) is 5.23. The Hall–Kier alpha value is -2.83. The number of anilines is 1. The Balaban J connectivity index is 2.29. The summed E-state index contributed by atoms with van der Waals surface area (Å²) in [5.41, 5.74) is 0.969. The SMILES string of the molecule is CC(C)Oc1ccc(C(=O)O)cc1NC(=O)c1cc(C(C)C)no1. The lowest BCUT2D eigenvalue weighted by atomic mass is 10.1. The van der Waals surface area contributed by atoms with Gasteiger partial charge in [-0.1, -0.05) is 19.0 Å². The average molecular weight is 332 g/mol. The molecule has 128 valence electrons. The number of ether oxygens (including phenoxy) is 1. The van der Waals surface area contributed by atoms with Gasteiger partial charge in [-0.2, -0.15) is 0 Å². The average Bonchev–Trinajstić information content (AvgIpc) is 2.98. The molecule has 0 saturated heterocycles. The van der Waals surface area contributed by atoms with Gasteiger partial charge in [0.05, 0.1) is 23.0 Å². The van der Waals surface area contributed by atoms with Gasteiger partial charge in [0.1, 0.15) is 5.75 Å². The lowest BCUT2D eigenvalue weighted by Gasteiger charge is -2.15. The van der Waals surface area contributed by atoms with Crippen molar-refractivity contribution in [1.82, 2.24) is 5.16 Å². The fourth-order valence-electron chi connectivity index (χ4n) is 1.97. The van der Waals surface area contributed by atoms with Crippen molar-refractivity contribution in [3.8, 4) is 5.75 Å². The van der Waals surface area contributed by atoms with Gasteiger partial charge < -0.3 is 19.7 Å². The molecule has 1 heterocycles. The molecule has 0 aliphatic carbocycles. The van der Waals surface area contributed by atoms with Crippen LogP contribution in [0, 0.1) is 0 Å². The number of amides is 1. The predicted octanol–water partition coefficient (Wildman–Crippen LogP) is 3.54. The molecule has 1 amide bonds. The zero-order valence-corrected chi connectivity index (χ0v) is 14.0. The second-order valence-corrected chi connectivity index (χ2v) is 5.91. The fourth-order valence-corrected chi connectivity index (χ4v) is 1.97. The van der Waals surface area contributed by atoms with E-state index in [4.69, 9.17) is 14.4 Å². The summed E-state index contributed by atoms with van der Waals surface area (Å²) >= 11 is 0. The molecule has 7 nitrogen and oxygen atoms in total.